The number of likely N-dealkylation sites (tertiary alicyclic amines) is 1. The SMILES string of the molecule is CN1CCc2ncnc(N3C[C@H]4CCN(Cc5ccccc5)[C@@H]4C3)c2C1. The summed E-state index contributed by atoms with van der Waals surface area (Å²) >= 11 is 0. The Balaban J connectivity index is 1.35. The van der Waals surface area contributed by atoms with Gasteiger partial charge in [0.1, 0.15) is 12.1 Å². The van der Waals surface area contributed by atoms with E-state index in [9.17, 15) is 0 Å². The molecule has 26 heavy (non-hydrogen) atoms. The Kier molecular flexibility index (Phi) is 4.14. The highest BCUT2D eigenvalue weighted by molar-refractivity contribution is 5.51. The zero-order valence-corrected chi connectivity index (χ0v) is 15.5. The summed E-state index contributed by atoms with van der Waals surface area (Å²) in [5.41, 5.74) is 4.04. The molecule has 2 atom stereocenters. The van der Waals surface area contributed by atoms with Gasteiger partial charge in [-0.15, -0.1) is 0 Å². The van der Waals surface area contributed by atoms with Crippen molar-refractivity contribution in [1.29, 1.82) is 0 Å². The molecule has 0 amide bonds. The molecule has 0 unspecified atom stereocenters. The molecular weight excluding hydrogens is 322 g/mol. The van der Waals surface area contributed by atoms with E-state index in [1.807, 2.05) is 0 Å². The van der Waals surface area contributed by atoms with Crippen molar-refractivity contribution in [3.63, 3.8) is 0 Å². The Morgan fingerprint density at radius 2 is 1.96 bits per heavy atom. The number of nitrogens with zero attached hydrogens (tertiary/aromatic N) is 5. The zero-order valence-electron chi connectivity index (χ0n) is 15.5. The van der Waals surface area contributed by atoms with Crippen molar-refractivity contribution in [3.05, 3.63) is 53.5 Å². The van der Waals surface area contributed by atoms with E-state index < -0.39 is 0 Å². The van der Waals surface area contributed by atoms with Gasteiger partial charge in [0.15, 0.2) is 0 Å². The summed E-state index contributed by atoms with van der Waals surface area (Å²) in [7, 11) is 2.19. The number of aromatic nitrogens is 2. The van der Waals surface area contributed by atoms with Gasteiger partial charge in [0.05, 0.1) is 5.69 Å². The highest BCUT2D eigenvalue weighted by atomic mass is 15.3. The highest BCUT2D eigenvalue weighted by Gasteiger charge is 2.42. The third-order valence-corrected chi connectivity index (χ3v) is 6.36. The topological polar surface area (TPSA) is 35.5 Å². The van der Waals surface area contributed by atoms with Gasteiger partial charge < -0.3 is 9.80 Å². The summed E-state index contributed by atoms with van der Waals surface area (Å²) in [6, 6.07) is 11.5. The summed E-state index contributed by atoms with van der Waals surface area (Å²) in [6.07, 6.45) is 4.12. The second-order valence-corrected chi connectivity index (χ2v) is 8.09. The van der Waals surface area contributed by atoms with Gasteiger partial charge >= 0.3 is 0 Å². The monoisotopic (exact) mass is 349 g/mol. The van der Waals surface area contributed by atoms with Gasteiger partial charge in [0, 0.05) is 50.7 Å². The van der Waals surface area contributed by atoms with Crippen molar-refractivity contribution in [2.24, 2.45) is 5.92 Å². The average Bonchev–Trinajstić information content (AvgIpc) is 3.24. The molecule has 4 heterocycles. The lowest BCUT2D eigenvalue weighted by molar-refractivity contribution is 0.245. The van der Waals surface area contributed by atoms with Gasteiger partial charge in [-0.2, -0.15) is 0 Å². The minimum absolute atomic E-state index is 0.655. The van der Waals surface area contributed by atoms with Crippen LogP contribution < -0.4 is 4.90 Å². The van der Waals surface area contributed by atoms with Crippen LogP contribution in [0.5, 0.6) is 0 Å². The van der Waals surface area contributed by atoms with Crippen molar-refractivity contribution in [2.45, 2.75) is 32.0 Å². The van der Waals surface area contributed by atoms with Crippen LogP contribution in [0.2, 0.25) is 0 Å². The molecule has 2 fully saturated rings. The first kappa shape index (κ1) is 16.2. The van der Waals surface area contributed by atoms with E-state index in [0.29, 0.717) is 6.04 Å². The Bertz CT molecular complexity index is 777. The fourth-order valence-electron chi connectivity index (χ4n) is 4.97. The fraction of sp³-hybridized carbons (Fsp3) is 0.524. The van der Waals surface area contributed by atoms with Gasteiger partial charge in [-0.1, -0.05) is 30.3 Å². The Labute approximate surface area is 155 Å². The van der Waals surface area contributed by atoms with Crippen molar-refractivity contribution in [2.75, 3.05) is 38.1 Å². The van der Waals surface area contributed by atoms with Crippen LogP contribution in [-0.4, -0.2) is 59.0 Å². The Hall–Kier alpha value is -1.98. The number of hydrogen-bond acceptors (Lipinski definition) is 5. The first-order chi connectivity index (χ1) is 12.8. The predicted octanol–water partition coefficient (Wildman–Crippen LogP) is 2.18. The molecule has 1 aromatic carbocycles. The van der Waals surface area contributed by atoms with Crippen LogP contribution in [0, 0.1) is 5.92 Å². The van der Waals surface area contributed by atoms with E-state index in [1.54, 1.807) is 6.33 Å². The summed E-state index contributed by atoms with van der Waals surface area (Å²) in [5, 5.41) is 0. The second kappa shape index (κ2) is 6.63. The molecule has 2 aromatic rings. The van der Waals surface area contributed by atoms with Gasteiger partial charge in [-0.25, -0.2) is 9.97 Å². The van der Waals surface area contributed by atoms with Crippen molar-refractivity contribution < 1.29 is 0 Å². The molecule has 5 heteroatoms. The molecule has 0 N–H and O–H groups in total. The molecule has 0 spiro atoms. The lowest BCUT2D eigenvalue weighted by Gasteiger charge is -2.30. The van der Waals surface area contributed by atoms with Gasteiger partial charge in [0.2, 0.25) is 0 Å². The molecule has 136 valence electrons. The molecule has 3 aliphatic heterocycles. The third-order valence-electron chi connectivity index (χ3n) is 6.36. The Morgan fingerprint density at radius 3 is 2.85 bits per heavy atom. The molecule has 0 saturated carbocycles. The summed E-state index contributed by atoms with van der Waals surface area (Å²) in [4.78, 5) is 16.9. The minimum atomic E-state index is 0.655. The largest absolute Gasteiger partial charge is 0.354 e. The lowest BCUT2D eigenvalue weighted by atomic mass is 10.0. The molecule has 1 aromatic heterocycles. The maximum absolute atomic E-state index is 4.71. The summed E-state index contributed by atoms with van der Waals surface area (Å²) in [6.45, 7) is 6.61. The van der Waals surface area contributed by atoms with Gasteiger partial charge in [0.25, 0.3) is 0 Å². The first-order valence-corrected chi connectivity index (χ1v) is 9.82. The standard InChI is InChI=1S/C21H27N5/c1-24-9-8-19-18(13-24)21(23-15-22-19)26-12-17-7-10-25(20(17)14-26)11-16-5-3-2-4-6-16/h2-6,15,17,20H,7-14H2,1H3/t17-,20-/m1/s1. The third kappa shape index (κ3) is 2.89. The van der Waals surface area contributed by atoms with Crippen LogP contribution in [0.4, 0.5) is 5.82 Å². The number of rotatable bonds is 3. The van der Waals surface area contributed by atoms with E-state index >= 15 is 0 Å². The maximum Gasteiger partial charge on any atom is 0.136 e. The number of likely N-dealkylation sites (N-methyl/N-ethyl adjacent to an activating group) is 1. The zero-order chi connectivity index (χ0) is 17.5. The molecule has 0 radical (unpaired) electrons. The van der Waals surface area contributed by atoms with E-state index in [0.717, 1.165) is 45.1 Å². The minimum Gasteiger partial charge on any atom is -0.354 e. The molecule has 0 bridgehead atoms. The lowest BCUT2D eigenvalue weighted by Crippen LogP contribution is -2.36. The molecule has 3 aliphatic rings. The van der Waals surface area contributed by atoms with Crippen molar-refractivity contribution >= 4 is 5.82 Å². The molecule has 2 saturated heterocycles. The smallest absolute Gasteiger partial charge is 0.136 e. The Morgan fingerprint density at radius 1 is 1.08 bits per heavy atom. The molecule has 5 nitrogen and oxygen atoms in total. The average molecular weight is 349 g/mol. The molecular formula is C21H27N5. The van der Waals surface area contributed by atoms with Crippen molar-refractivity contribution in [1.82, 2.24) is 19.8 Å². The number of benzene rings is 1. The highest BCUT2D eigenvalue weighted by Crippen LogP contribution is 2.36. The summed E-state index contributed by atoms with van der Waals surface area (Å²) < 4.78 is 0. The molecule has 5 rings (SSSR count). The predicted molar refractivity (Wildman–Crippen MR) is 103 cm³/mol. The second-order valence-electron chi connectivity index (χ2n) is 8.09. The maximum atomic E-state index is 4.71. The van der Waals surface area contributed by atoms with Crippen LogP contribution in [0.3, 0.4) is 0 Å². The number of fused-ring (bicyclic) bond motifs is 2. The quantitative estimate of drug-likeness (QED) is 0.849. The number of hydrogen-bond donors (Lipinski definition) is 0. The van der Waals surface area contributed by atoms with E-state index in [2.05, 4.69) is 57.1 Å². The van der Waals surface area contributed by atoms with E-state index in [1.165, 1.54) is 35.6 Å². The van der Waals surface area contributed by atoms with E-state index in [-0.39, 0.29) is 0 Å². The molecule has 0 aliphatic carbocycles. The summed E-state index contributed by atoms with van der Waals surface area (Å²) in [5.74, 6) is 1.96. The van der Waals surface area contributed by atoms with Crippen LogP contribution in [-0.2, 0) is 19.5 Å². The van der Waals surface area contributed by atoms with Gasteiger partial charge in [-0.3, -0.25) is 4.90 Å². The first-order valence-electron chi connectivity index (χ1n) is 9.82. The van der Waals surface area contributed by atoms with Crippen LogP contribution >= 0.6 is 0 Å². The van der Waals surface area contributed by atoms with Gasteiger partial charge in [-0.05, 0) is 31.5 Å². The van der Waals surface area contributed by atoms with E-state index in [4.69, 9.17) is 4.98 Å². The van der Waals surface area contributed by atoms with Crippen LogP contribution in [0.1, 0.15) is 23.2 Å². The normalized spacial score (nSPS) is 26.1. The number of anilines is 1. The van der Waals surface area contributed by atoms with Crippen LogP contribution in [0.15, 0.2) is 36.7 Å². The fourth-order valence-corrected chi connectivity index (χ4v) is 4.97. The van der Waals surface area contributed by atoms with Crippen molar-refractivity contribution in [3.8, 4) is 0 Å². The van der Waals surface area contributed by atoms with Crippen LogP contribution in [0.25, 0.3) is 0 Å².